The van der Waals surface area contributed by atoms with Crippen molar-refractivity contribution in [3.05, 3.63) is 77.9 Å². The second-order valence-electron chi connectivity index (χ2n) is 6.01. The summed E-state index contributed by atoms with van der Waals surface area (Å²) in [7, 11) is 0. The molecule has 1 unspecified atom stereocenters. The summed E-state index contributed by atoms with van der Waals surface area (Å²) in [4.78, 5) is 11.9. The largest absolute Gasteiger partial charge is 0.611 e. The number of benzene rings is 3. The fraction of sp³-hybridized carbons (Fsp3) is 0.190. The summed E-state index contributed by atoms with van der Waals surface area (Å²) >= 11 is -1.08. The van der Waals surface area contributed by atoms with Crippen LogP contribution in [0.4, 0.5) is 0 Å². The molecule has 0 aromatic heterocycles. The predicted octanol–water partition coefficient (Wildman–Crippen LogP) is 3.83. The Morgan fingerprint density at radius 2 is 1.84 bits per heavy atom. The number of rotatable bonds is 6. The van der Waals surface area contributed by atoms with Gasteiger partial charge in [0, 0.05) is 25.1 Å². The van der Waals surface area contributed by atoms with Crippen molar-refractivity contribution in [2.45, 2.75) is 24.0 Å². The third-order valence-corrected chi connectivity index (χ3v) is 5.49. The lowest BCUT2D eigenvalue weighted by Gasteiger charge is -2.13. The molecule has 3 aromatic rings. The summed E-state index contributed by atoms with van der Waals surface area (Å²) in [6.07, 6.45) is 0.756. The van der Waals surface area contributed by atoms with Crippen LogP contribution in [0.15, 0.2) is 71.6 Å². The standard InChI is InChI=1S/C21H21NO2S/c1-16(23)22-13-12-19-9-5-8-18-10-11-20(14-21(18)19)25(24)15-17-6-3-2-4-7-17/h2-11,14H,12-13,15H2,1H3,(H,22,23). The van der Waals surface area contributed by atoms with E-state index in [0.717, 1.165) is 33.2 Å². The van der Waals surface area contributed by atoms with Gasteiger partial charge in [-0.05, 0) is 46.1 Å². The van der Waals surface area contributed by atoms with Gasteiger partial charge < -0.3 is 9.87 Å². The van der Waals surface area contributed by atoms with Gasteiger partial charge in [-0.25, -0.2) is 0 Å². The fourth-order valence-corrected chi connectivity index (χ4v) is 3.99. The molecule has 25 heavy (non-hydrogen) atoms. The molecular formula is C21H21NO2S. The average Bonchev–Trinajstić information content (AvgIpc) is 2.62. The third-order valence-electron chi connectivity index (χ3n) is 4.12. The molecule has 0 saturated carbocycles. The van der Waals surface area contributed by atoms with Gasteiger partial charge in [0.05, 0.1) is 0 Å². The maximum Gasteiger partial charge on any atom is 0.216 e. The molecule has 0 heterocycles. The van der Waals surface area contributed by atoms with Gasteiger partial charge in [-0.3, -0.25) is 4.79 Å². The van der Waals surface area contributed by atoms with Crippen LogP contribution in [0.5, 0.6) is 0 Å². The lowest BCUT2D eigenvalue weighted by atomic mass is 10.0. The lowest BCUT2D eigenvalue weighted by Crippen LogP contribution is -2.22. The Morgan fingerprint density at radius 3 is 2.60 bits per heavy atom. The minimum absolute atomic E-state index is 0.0232. The molecule has 0 aliphatic rings. The normalized spacial score (nSPS) is 12.1. The molecule has 3 aromatic carbocycles. The zero-order chi connectivity index (χ0) is 17.6. The van der Waals surface area contributed by atoms with E-state index < -0.39 is 11.2 Å². The molecule has 0 bridgehead atoms. The summed E-state index contributed by atoms with van der Waals surface area (Å²) in [6.45, 7) is 2.12. The molecule has 0 saturated heterocycles. The summed E-state index contributed by atoms with van der Waals surface area (Å²) in [5.41, 5.74) is 2.23. The highest BCUT2D eigenvalue weighted by atomic mass is 32.2. The molecule has 0 radical (unpaired) electrons. The highest BCUT2D eigenvalue weighted by Crippen LogP contribution is 2.25. The number of hydrogen-bond acceptors (Lipinski definition) is 2. The van der Waals surface area contributed by atoms with Gasteiger partial charge in [0.15, 0.2) is 4.90 Å². The van der Waals surface area contributed by atoms with Gasteiger partial charge in [0.25, 0.3) is 0 Å². The molecule has 1 amide bonds. The number of nitrogens with one attached hydrogen (secondary N) is 1. The third kappa shape index (κ3) is 4.62. The maximum absolute atomic E-state index is 12.7. The van der Waals surface area contributed by atoms with Crippen LogP contribution >= 0.6 is 0 Å². The molecule has 1 N–H and O–H groups in total. The Kier molecular flexibility index (Phi) is 5.74. The predicted molar refractivity (Wildman–Crippen MR) is 103 cm³/mol. The van der Waals surface area contributed by atoms with Crippen molar-refractivity contribution < 1.29 is 9.35 Å². The van der Waals surface area contributed by atoms with Crippen LogP contribution in [0.1, 0.15) is 18.1 Å². The van der Waals surface area contributed by atoms with Crippen molar-refractivity contribution >= 4 is 27.9 Å². The number of fused-ring (bicyclic) bond motifs is 1. The Hall–Kier alpha value is -2.30. The molecule has 0 spiro atoms. The number of hydrogen-bond donors (Lipinski definition) is 1. The second-order valence-corrected chi connectivity index (χ2v) is 7.46. The first-order valence-electron chi connectivity index (χ1n) is 8.32. The van der Waals surface area contributed by atoms with Crippen LogP contribution in [0.2, 0.25) is 0 Å². The zero-order valence-electron chi connectivity index (χ0n) is 14.2. The summed E-state index contributed by atoms with van der Waals surface area (Å²) in [6, 6.07) is 22.0. The van der Waals surface area contributed by atoms with Crippen molar-refractivity contribution in [1.29, 1.82) is 0 Å². The van der Waals surface area contributed by atoms with Gasteiger partial charge in [-0.15, -0.1) is 0 Å². The van der Waals surface area contributed by atoms with Gasteiger partial charge in [0.1, 0.15) is 5.75 Å². The van der Waals surface area contributed by atoms with E-state index in [-0.39, 0.29) is 5.91 Å². The van der Waals surface area contributed by atoms with Crippen LogP contribution in [-0.4, -0.2) is 17.0 Å². The Morgan fingerprint density at radius 1 is 1.04 bits per heavy atom. The molecule has 3 rings (SSSR count). The summed E-state index contributed by atoms with van der Waals surface area (Å²) < 4.78 is 12.7. The first-order chi connectivity index (χ1) is 12.1. The number of carbonyl (C=O) groups is 1. The van der Waals surface area contributed by atoms with E-state index in [9.17, 15) is 9.35 Å². The quantitative estimate of drug-likeness (QED) is 0.686. The number of carbonyl (C=O) groups excluding carboxylic acids is 1. The van der Waals surface area contributed by atoms with Crippen molar-refractivity contribution in [3.63, 3.8) is 0 Å². The SMILES string of the molecule is CC(=O)NCCc1cccc2ccc([S+]([O-])Cc3ccccc3)cc12. The monoisotopic (exact) mass is 351 g/mol. The molecule has 1 atom stereocenters. The first kappa shape index (κ1) is 17.5. The van der Waals surface area contributed by atoms with Crippen molar-refractivity contribution in [3.8, 4) is 0 Å². The van der Waals surface area contributed by atoms with Crippen LogP contribution in [0.3, 0.4) is 0 Å². The molecule has 0 aliphatic carbocycles. The Balaban J connectivity index is 1.83. The van der Waals surface area contributed by atoms with Crippen molar-refractivity contribution in [1.82, 2.24) is 5.32 Å². The number of amides is 1. The van der Waals surface area contributed by atoms with Gasteiger partial charge in [0.2, 0.25) is 5.91 Å². The fourth-order valence-electron chi connectivity index (χ4n) is 2.86. The minimum Gasteiger partial charge on any atom is -0.611 e. The van der Waals surface area contributed by atoms with Gasteiger partial charge >= 0.3 is 0 Å². The molecule has 0 aliphatic heterocycles. The van der Waals surface area contributed by atoms with Crippen molar-refractivity contribution in [2.75, 3.05) is 6.54 Å². The summed E-state index contributed by atoms with van der Waals surface area (Å²) in [5, 5.41) is 5.06. The Labute approximate surface area is 151 Å². The van der Waals surface area contributed by atoms with E-state index in [1.54, 1.807) is 0 Å². The second kappa shape index (κ2) is 8.19. The van der Waals surface area contributed by atoms with E-state index in [1.807, 2.05) is 54.6 Å². The van der Waals surface area contributed by atoms with E-state index >= 15 is 0 Å². The molecule has 128 valence electrons. The van der Waals surface area contributed by atoms with E-state index in [1.165, 1.54) is 6.92 Å². The molecule has 4 heteroatoms. The lowest BCUT2D eigenvalue weighted by molar-refractivity contribution is -0.118. The zero-order valence-corrected chi connectivity index (χ0v) is 15.0. The summed E-state index contributed by atoms with van der Waals surface area (Å²) in [5.74, 6) is 0.491. The smallest absolute Gasteiger partial charge is 0.216 e. The van der Waals surface area contributed by atoms with Crippen LogP contribution in [-0.2, 0) is 28.1 Å². The van der Waals surface area contributed by atoms with Crippen molar-refractivity contribution in [2.24, 2.45) is 0 Å². The maximum atomic E-state index is 12.7. The topological polar surface area (TPSA) is 52.2 Å². The van der Waals surface area contributed by atoms with E-state index in [2.05, 4.69) is 17.4 Å². The van der Waals surface area contributed by atoms with Crippen LogP contribution in [0, 0.1) is 0 Å². The molecule has 0 fully saturated rings. The highest BCUT2D eigenvalue weighted by molar-refractivity contribution is 7.90. The van der Waals surface area contributed by atoms with Crippen LogP contribution < -0.4 is 5.32 Å². The van der Waals surface area contributed by atoms with Crippen LogP contribution in [0.25, 0.3) is 10.8 Å². The molecule has 3 nitrogen and oxygen atoms in total. The first-order valence-corrected chi connectivity index (χ1v) is 9.64. The average molecular weight is 351 g/mol. The van der Waals surface area contributed by atoms with Gasteiger partial charge in [-0.2, -0.15) is 0 Å². The minimum atomic E-state index is -1.08. The van der Waals surface area contributed by atoms with E-state index in [4.69, 9.17) is 0 Å². The molecular weight excluding hydrogens is 330 g/mol. The Bertz CT molecular complexity index is 864. The van der Waals surface area contributed by atoms with Gasteiger partial charge in [-0.1, -0.05) is 48.5 Å². The highest BCUT2D eigenvalue weighted by Gasteiger charge is 2.13. The van der Waals surface area contributed by atoms with E-state index in [0.29, 0.717) is 12.3 Å².